The molecule has 0 amide bonds. The number of ketones is 1. The van der Waals surface area contributed by atoms with Crippen molar-refractivity contribution < 1.29 is 43.1 Å². The number of carbonyl (C=O) groups excluding carboxylic acids is 1. The Morgan fingerprint density at radius 1 is 0.978 bits per heavy atom. The summed E-state index contributed by atoms with van der Waals surface area (Å²) in [5.41, 5.74) is 8.13. The maximum Gasteiger partial charge on any atom is 0.146 e. The predicted octanol–water partition coefficient (Wildman–Crippen LogP) is 4.29. The van der Waals surface area contributed by atoms with Gasteiger partial charge in [0, 0.05) is 39.4 Å². The van der Waals surface area contributed by atoms with Crippen molar-refractivity contribution in [3.8, 4) is 0 Å². The average Bonchev–Trinajstić information content (AvgIpc) is 3.72. The monoisotopic (exact) mass is 647 g/mol. The van der Waals surface area contributed by atoms with E-state index in [0.29, 0.717) is 45.1 Å². The lowest BCUT2D eigenvalue weighted by Crippen LogP contribution is -2.69. The van der Waals surface area contributed by atoms with Crippen LogP contribution in [0.5, 0.6) is 0 Å². The highest BCUT2D eigenvalue weighted by atomic mass is 16.6. The summed E-state index contributed by atoms with van der Waals surface area (Å²) in [5.74, 6) is 0.491. The van der Waals surface area contributed by atoms with Crippen LogP contribution in [0.2, 0.25) is 0 Å². The Bertz CT molecular complexity index is 1080. The van der Waals surface area contributed by atoms with Gasteiger partial charge in [-0.1, -0.05) is 18.7 Å². The molecule has 6 saturated heterocycles. The summed E-state index contributed by atoms with van der Waals surface area (Å²) in [4.78, 5) is 12.9. The van der Waals surface area contributed by atoms with Crippen LogP contribution in [0.1, 0.15) is 96.8 Å². The highest BCUT2D eigenvalue weighted by Crippen LogP contribution is 2.42. The van der Waals surface area contributed by atoms with Gasteiger partial charge in [0.05, 0.1) is 61.5 Å². The number of ether oxygens (including phenoxy) is 7. The third-order valence-corrected chi connectivity index (χ3v) is 11.4. The molecule has 0 aromatic rings. The van der Waals surface area contributed by atoms with E-state index in [9.17, 15) is 9.90 Å². The molecular formula is C36H57NO9. The van der Waals surface area contributed by atoms with Crippen molar-refractivity contribution >= 4 is 5.78 Å². The molecule has 6 aliphatic heterocycles. The van der Waals surface area contributed by atoms with Crippen LogP contribution in [0.25, 0.3) is 0 Å². The summed E-state index contributed by atoms with van der Waals surface area (Å²) in [6.45, 7) is 11.8. The lowest BCUT2D eigenvalue weighted by Gasteiger charge is -2.52. The van der Waals surface area contributed by atoms with Crippen molar-refractivity contribution in [3.05, 3.63) is 24.3 Å². The predicted molar refractivity (Wildman–Crippen MR) is 171 cm³/mol. The smallest absolute Gasteiger partial charge is 0.146 e. The molecule has 46 heavy (non-hydrogen) atoms. The standard InChI is InChI=1S/C36H57NO9/c1-21-5-6-26(42-20-21)9-10-31-22(2)15-27(43-31)7-8-28-18-30(39)34(44-28)32-19-33(40-4)35-36(37,46-32)13-11-29(45-35)17-25(38)16-24-12-14-41-23(24)3/h23-24,26-35,39H,1-2,5-20,37H2,3-4H3/t23-,24?,26+,27?,28?,29?,30?,31?,32?,33?,34?,35+,36?/m0/s1. The minimum Gasteiger partial charge on any atom is -0.390 e. The molecule has 6 rings (SSSR count). The number of hydrogen-bond acceptors (Lipinski definition) is 10. The van der Waals surface area contributed by atoms with Gasteiger partial charge < -0.3 is 44.0 Å². The largest absolute Gasteiger partial charge is 0.390 e. The van der Waals surface area contributed by atoms with Crippen molar-refractivity contribution in [1.82, 2.24) is 0 Å². The Kier molecular flexibility index (Phi) is 11.4. The fourth-order valence-corrected chi connectivity index (χ4v) is 8.60. The lowest BCUT2D eigenvalue weighted by atomic mass is 9.83. The van der Waals surface area contributed by atoms with Gasteiger partial charge in [-0.15, -0.1) is 0 Å². The number of aliphatic hydroxyl groups is 1. The molecule has 0 aromatic heterocycles. The van der Waals surface area contributed by atoms with Gasteiger partial charge in [0.2, 0.25) is 0 Å². The van der Waals surface area contributed by atoms with E-state index in [-0.39, 0.29) is 54.4 Å². The first-order valence-corrected chi connectivity index (χ1v) is 17.8. The first-order chi connectivity index (χ1) is 22.1. The van der Waals surface area contributed by atoms with Crippen molar-refractivity contribution in [3.63, 3.8) is 0 Å². The number of hydrogen-bond donors (Lipinski definition) is 2. The van der Waals surface area contributed by atoms with Crippen molar-refractivity contribution in [2.45, 2.75) is 170 Å². The first kappa shape index (κ1) is 34.6. The van der Waals surface area contributed by atoms with Crippen LogP contribution >= 0.6 is 0 Å². The number of fused-ring (bicyclic) bond motifs is 1. The second kappa shape index (κ2) is 15.1. The molecule has 6 fully saturated rings. The van der Waals surface area contributed by atoms with E-state index in [1.54, 1.807) is 7.11 Å². The molecule has 10 nitrogen and oxygen atoms in total. The molecule has 0 spiro atoms. The van der Waals surface area contributed by atoms with Gasteiger partial charge in [0.1, 0.15) is 23.7 Å². The lowest BCUT2D eigenvalue weighted by molar-refractivity contribution is -0.296. The maximum atomic E-state index is 12.9. The number of methoxy groups -OCH3 is 1. The quantitative estimate of drug-likeness (QED) is 0.296. The van der Waals surface area contributed by atoms with Crippen LogP contribution in [0, 0.1) is 5.92 Å². The number of Topliss-reactive ketones (excluding diaryl/α,β-unsaturated/α-hetero) is 1. The molecular weight excluding hydrogens is 590 g/mol. The molecule has 6 heterocycles. The van der Waals surface area contributed by atoms with Crippen LogP contribution in [0.15, 0.2) is 24.3 Å². The number of carbonyl (C=O) groups is 1. The Morgan fingerprint density at radius 3 is 2.52 bits per heavy atom. The first-order valence-electron chi connectivity index (χ1n) is 17.8. The van der Waals surface area contributed by atoms with Crippen LogP contribution < -0.4 is 5.73 Å². The Morgan fingerprint density at radius 2 is 1.78 bits per heavy atom. The molecule has 0 saturated carbocycles. The fraction of sp³-hybridized carbons (Fsp3) is 0.861. The number of aliphatic hydroxyl groups excluding tert-OH is 1. The topological polar surface area (TPSA) is 128 Å². The second-order valence-electron chi connectivity index (χ2n) is 14.9. The molecule has 0 bridgehead atoms. The fourth-order valence-electron chi connectivity index (χ4n) is 8.60. The molecule has 0 radical (unpaired) electrons. The Hall–Kier alpha value is -1.21. The molecule has 0 aromatic carbocycles. The van der Waals surface area contributed by atoms with Gasteiger partial charge in [-0.25, -0.2) is 0 Å². The number of rotatable bonds is 12. The van der Waals surface area contributed by atoms with E-state index in [4.69, 9.17) is 38.9 Å². The molecule has 10 unspecified atom stereocenters. The zero-order valence-electron chi connectivity index (χ0n) is 27.9. The minimum absolute atomic E-state index is 0.0814. The summed E-state index contributed by atoms with van der Waals surface area (Å²) in [6, 6.07) is 0. The third-order valence-electron chi connectivity index (χ3n) is 11.4. The van der Waals surface area contributed by atoms with Crippen LogP contribution in [0.4, 0.5) is 0 Å². The number of nitrogens with two attached hydrogens (primary N) is 1. The van der Waals surface area contributed by atoms with Crippen LogP contribution in [0.3, 0.4) is 0 Å². The summed E-state index contributed by atoms with van der Waals surface area (Å²) < 4.78 is 43.2. The zero-order chi connectivity index (χ0) is 32.4. The van der Waals surface area contributed by atoms with E-state index < -0.39 is 30.1 Å². The molecule has 6 aliphatic rings. The zero-order valence-corrected chi connectivity index (χ0v) is 27.9. The highest BCUT2D eigenvalue weighted by Gasteiger charge is 2.55. The van der Waals surface area contributed by atoms with E-state index in [0.717, 1.165) is 58.0 Å². The SMILES string of the molecule is C=C1CC[C@H](CCC2OC(CCC3CC(O)C(C4CC(OC)[C@H]5OC(CC(=O)CC6CCO[C@H]6C)CCC5(N)O4)O3)CC2=C)OC1. The van der Waals surface area contributed by atoms with E-state index >= 15 is 0 Å². The van der Waals surface area contributed by atoms with Gasteiger partial charge in [0.25, 0.3) is 0 Å². The van der Waals surface area contributed by atoms with E-state index in [2.05, 4.69) is 13.2 Å². The average molecular weight is 648 g/mol. The minimum atomic E-state index is -1.07. The Labute approximate surface area is 274 Å². The third kappa shape index (κ3) is 8.14. The van der Waals surface area contributed by atoms with Gasteiger partial charge in [-0.2, -0.15) is 0 Å². The van der Waals surface area contributed by atoms with Gasteiger partial charge >= 0.3 is 0 Å². The van der Waals surface area contributed by atoms with Crippen LogP contribution in [-0.4, -0.2) is 104 Å². The van der Waals surface area contributed by atoms with Crippen molar-refractivity contribution in [2.24, 2.45) is 11.7 Å². The van der Waals surface area contributed by atoms with E-state index in [1.807, 2.05) is 6.92 Å². The van der Waals surface area contributed by atoms with Crippen molar-refractivity contribution in [1.29, 1.82) is 0 Å². The van der Waals surface area contributed by atoms with Crippen molar-refractivity contribution in [2.75, 3.05) is 20.3 Å². The van der Waals surface area contributed by atoms with Gasteiger partial charge in [-0.3, -0.25) is 4.79 Å². The summed E-state index contributed by atoms with van der Waals surface area (Å²) in [7, 11) is 1.66. The summed E-state index contributed by atoms with van der Waals surface area (Å²) >= 11 is 0. The Balaban J connectivity index is 0.952. The summed E-state index contributed by atoms with van der Waals surface area (Å²) in [5, 5.41) is 11.1. The molecule has 10 heteroatoms. The molecule has 0 aliphatic carbocycles. The highest BCUT2D eigenvalue weighted by molar-refractivity contribution is 5.79. The van der Waals surface area contributed by atoms with Crippen LogP contribution in [-0.2, 0) is 38.0 Å². The van der Waals surface area contributed by atoms with E-state index in [1.165, 1.54) is 11.1 Å². The van der Waals surface area contributed by atoms with Gasteiger partial charge in [-0.05, 0) is 82.6 Å². The molecule has 3 N–H and O–H groups in total. The maximum absolute atomic E-state index is 12.9. The van der Waals surface area contributed by atoms with Gasteiger partial charge in [0.15, 0.2) is 0 Å². The second-order valence-corrected chi connectivity index (χ2v) is 14.9. The summed E-state index contributed by atoms with van der Waals surface area (Å²) in [6.07, 6.45) is 8.53. The molecule has 260 valence electrons. The molecule has 13 atom stereocenters. The normalized spacial score (nSPS) is 44.9.